The van der Waals surface area contributed by atoms with Gasteiger partial charge in [-0.05, 0) is 31.9 Å². The molecule has 3 aromatic rings. The van der Waals surface area contributed by atoms with Crippen LogP contribution in [-0.2, 0) is 6.61 Å². The molecule has 0 saturated carbocycles. The van der Waals surface area contributed by atoms with Gasteiger partial charge in [0.2, 0.25) is 5.82 Å². The average Bonchev–Trinajstić information content (AvgIpc) is 3.05. The number of hydrogen-bond donors (Lipinski definition) is 0. The van der Waals surface area contributed by atoms with Crippen molar-refractivity contribution in [3.63, 3.8) is 0 Å². The van der Waals surface area contributed by atoms with Crippen molar-refractivity contribution in [2.75, 3.05) is 13.1 Å². The predicted octanol–water partition coefficient (Wildman–Crippen LogP) is 4.64. The van der Waals surface area contributed by atoms with Gasteiger partial charge in [0.25, 0.3) is 11.8 Å². The van der Waals surface area contributed by atoms with Gasteiger partial charge in [0.1, 0.15) is 5.75 Å². The average molecular weight is 391 g/mol. The van der Waals surface area contributed by atoms with Crippen LogP contribution < -0.4 is 4.74 Å². The van der Waals surface area contributed by atoms with Crippen molar-refractivity contribution in [2.24, 2.45) is 0 Å². The topological polar surface area (TPSA) is 68.5 Å². The molecule has 0 bridgehead atoms. The van der Waals surface area contributed by atoms with Gasteiger partial charge >= 0.3 is 0 Å². The Bertz CT molecular complexity index is 958. The van der Waals surface area contributed by atoms with Gasteiger partial charge < -0.3 is 14.2 Å². The number of likely N-dealkylation sites (tertiary alicyclic amines) is 1. The first-order valence-corrected chi connectivity index (χ1v) is 10.1. The van der Waals surface area contributed by atoms with Crippen LogP contribution in [0.3, 0.4) is 0 Å². The molecule has 0 unspecified atom stereocenters. The summed E-state index contributed by atoms with van der Waals surface area (Å²) < 4.78 is 11.2. The van der Waals surface area contributed by atoms with Crippen LogP contribution in [0.1, 0.15) is 47.5 Å². The van der Waals surface area contributed by atoms with Gasteiger partial charge in [0.15, 0.2) is 6.61 Å². The quantitative estimate of drug-likeness (QED) is 0.634. The molecule has 0 atom stereocenters. The van der Waals surface area contributed by atoms with Gasteiger partial charge in [-0.3, -0.25) is 4.79 Å². The molecule has 0 N–H and O–H groups in total. The number of benzene rings is 2. The largest absolute Gasteiger partial charge is 0.483 e. The first kappa shape index (κ1) is 19.2. The molecule has 150 valence electrons. The smallest absolute Gasteiger partial charge is 0.264 e. The third-order valence-electron chi connectivity index (χ3n) is 5.14. The number of ether oxygens (including phenoxy) is 1. The predicted molar refractivity (Wildman–Crippen MR) is 110 cm³/mol. The van der Waals surface area contributed by atoms with Crippen molar-refractivity contribution >= 4 is 5.91 Å². The Labute approximate surface area is 170 Å². The van der Waals surface area contributed by atoms with Crippen LogP contribution in [0.4, 0.5) is 0 Å². The van der Waals surface area contributed by atoms with E-state index in [1.807, 2.05) is 60.4 Å². The summed E-state index contributed by atoms with van der Waals surface area (Å²) in [6.45, 7) is 3.75. The second-order valence-electron chi connectivity index (χ2n) is 7.37. The van der Waals surface area contributed by atoms with E-state index in [-0.39, 0.29) is 12.5 Å². The van der Waals surface area contributed by atoms with E-state index in [0.717, 1.165) is 31.5 Å². The minimum Gasteiger partial charge on any atom is -0.483 e. The Hall–Kier alpha value is -3.15. The van der Waals surface area contributed by atoms with Gasteiger partial charge in [-0.2, -0.15) is 4.98 Å². The summed E-state index contributed by atoms with van der Waals surface area (Å²) in [4.78, 5) is 19.3. The summed E-state index contributed by atoms with van der Waals surface area (Å²) >= 11 is 0. The molecular formula is C23H25N3O3. The van der Waals surface area contributed by atoms with E-state index in [2.05, 4.69) is 10.1 Å². The Morgan fingerprint density at radius 3 is 2.52 bits per heavy atom. The molecule has 1 amide bonds. The number of para-hydroxylation sites is 1. The van der Waals surface area contributed by atoms with Crippen LogP contribution in [0.5, 0.6) is 5.75 Å². The monoisotopic (exact) mass is 391 g/mol. The van der Waals surface area contributed by atoms with Crippen molar-refractivity contribution in [3.05, 3.63) is 65.5 Å². The van der Waals surface area contributed by atoms with Crippen molar-refractivity contribution in [1.82, 2.24) is 15.0 Å². The summed E-state index contributed by atoms with van der Waals surface area (Å²) in [6, 6.07) is 15.3. The van der Waals surface area contributed by atoms with Gasteiger partial charge in [0.05, 0.1) is 5.56 Å². The molecule has 6 nitrogen and oxygen atoms in total. The van der Waals surface area contributed by atoms with Crippen LogP contribution in [0.2, 0.25) is 0 Å². The van der Waals surface area contributed by atoms with Crippen molar-refractivity contribution < 1.29 is 14.1 Å². The fourth-order valence-corrected chi connectivity index (χ4v) is 3.49. The minimum absolute atomic E-state index is 0.0216. The minimum atomic E-state index is 0.0216. The van der Waals surface area contributed by atoms with Crippen LogP contribution in [0, 0.1) is 6.92 Å². The Morgan fingerprint density at radius 1 is 1.03 bits per heavy atom. The molecule has 0 spiro atoms. The van der Waals surface area contributed by atoms with Crippen LogP contribution in [0.25, 0.3) is 11.4 Å². The highest BCUT2D eigenvalue weighted by atomic mass is 16.5. The number of aromatic nitrogens is 2. The van der Waals surface area contributed by atoms with Crippen molar-refractivity contribution in [1.29, 1.82) is 0 Å². The van der Waals surface area contributed by atoms with Gasteiger partial charge in [-0.1, -0.05) is 60.0 Å². The van der Waals surface area contributed by atoms with E-state index >= 15 is 0 Å². The molecule has 29 heavy (non-hydrogen) atoms. The maximum atomic E-state index is 13.0. The maximum absolute atomic E-state index is 13.0. The molecule has 1 fully saturated rings. The molecule has 4 rings (SSSR count). The van der Waals surface area contributed by atoms with E-state index in [1.165, 1.54) is 18.4 Å². The van der Waals surface area contributed by atoms with Crippen LogP contribution in [0.15, 0.2) is 53.1 Å². The third kappa shape index (κ3) is 4.65. The normalized spacial score (nSPS) is 14.4. The van der Waals surface area contributed by atoms with Crippen LogP contribution in [-0.4, -0.2) is 34.0 Å². The van der Waals surface area contributed by atoms with E-state index in [1.54, 1.807) is 0 Å². The van der Waals surface area contributed by atoms with E-state index in [4.69, 9.17) is 9.26 Å². The number of amides is 1. The standard InChI is InChI=1S/C23H25N3O3/c1-17-10-12-18(13-11-17)22-24-21(29-25-22)16-28-20-9-5-4-8-19(20)23(27)26-14-6-2-3-7-15-26/h4-5,8-13H,2-3,6-7,14-16H2,1H3. The highest BCUT2D eigenvalue weighted by molar-refractivity contribution is 5.97. The van der Waals surface area contributed by atoms with Crippen molar-refractivity contribution in [3.8, 4) is 17.1 Å². The zero-order valence-corrected chi connectivity index (χ0v) is 16.6. The summed E-state index contributed by atoms with van der Waals surface area (Å²) in [7, 11) is 0. The van der Waals surface area contributed by atoms with E-state index in [9.17, 15) is 4.79 Å². The van der Waals surface area contributed by atoms with E-state index in [0.29, 0.717) is 23.0 Å². The number of nitrogens with zero attached hydrogens (tertiary/aromatic N) is 3. The Balaban J connectivity index is 1.45. The molecular weight excluding hydrogens is 366 g/mol. The lowest BCUT2D eigenvalue weighted by Gasteiger charge is -2.21. The summed E-state index contributed by atoms with van der Waals surface area (Å²) in [5, 5.41) is 4.03. The lowest BCUT2D eigenvalue weighted by molar-refractivity contribution is 0.0756. The second-order valence-corrected chi connectivity index (χ2v) is 7.37. The lowest BCUT2D eigenvalue weighted by Crippen LogP contribution is -2.32. The summed E-state index contributed by atoms with van der Waals surface area (Å²) in [6.07, 6.45) is 4.47. The second kappa shape index (κ2) is 8.90. The zero-order chi connectivity index (χ0) is 20.1. The molecule has 1 aromatic heterocycles. The maximum Gasteiger partial charge on any atom is 0.264 e. The van der Waals surface area contributed by atoms with Gasteiger partial charge in [-0.25, -0.2) is 0 Å². The molecule has 1 aliphatic rings. The fourth-order valence-electron chi connectivity index (χ4n) is 3.49. The van der Waals surface area contributed by atoms with Gasteiger partial charge in [-0.15, -0.1) is 0 Å². The SMILES string of the molecule is Cc1ccc(-c2noc(COc3ccccc3C(=O)N3CCCCCC3)n2)cc1. The highest BCUT2D eigenvalue weighted by Gasteiger charge is 2.21. The number of carbonyl (C=O) groups excluding carboxylic acids is 1. The Kier molecular flexibility index (Phi) is 5.89. The number of hydrogen-bond acceptors (Lipinski definition) is 5. The first-order valence-electron chi connectivity index (χ1n) is 10.1. The van der Waals surface area contributed by atoms with Gasteiger partial charge in [0, 0.05) is 18.7 Å². The molecule has 0 aliphatic carbocycles. The summed E-state index contributed by atoms with van der Waals surface area (Å²) in [5.41, 5.74) is 2.64. The van der Waals surface area contributed by atoms with E-state index < -0.39 is 0 Å². The molecule has 1 saturated heterocycles. The van der Waals surface area contributed by atoms with Crippen molar-refractivity contribution in [2.45, 2.75) is 39.2 Å². The molecule has 0 radical (unpaired) electrons. The molecule has 2 aromatic carbocycles. The lowest BCUT2D eigenvalue weighted by atomic mass is 10.1. The third-order valence-corrected chi connectivity index (χ3v) is 5.14. The summed E-state index contributed by atoms with van der Waals surface area (Å²) in [5.74, 6) is 1.46. The number of carbonyl (C=O) groups is 1. The number of aryl methyl sites for hydroxylation is 1. The Morgan fingerprint density at radius 2 is 1.76 bits per heavy atom. The fraction of sp³-hybridized carbons (Fsp3) is 0.348. The number of rotatable bonds is 5. The molecule has 1 aliphatic heterocycles. The highest BCUT2D eigenvalue weighted by Crippen LogP contribution is 2.23. The molecule has 2 heterocycles. The molecule has 6 heteroatoms. The first-order chi connectivity index (χ1) is 14.2. The van der Waals surface area contributed by atoms with Crippen LogP contribution >= 0.6 is 0 Å². The zero-order valence-electron chi connectivity index (χ0n) is 16.6.